The Morgan fingerprint density at radius 2 is 1.40 bits per heavy atom. The Hall–Kier alpha value is -6.54. The van der Waals surface area contributed by atoms with E-state index in [4.69, 9.17) is 15.5 Å². The maximum Gasteiger partial charge on any atom is 0.303 e. The van der Waals surface area contributed by atoms with Crippen LogP contribution in [-0.2, 0) is 54.3 Å². The summed E-state index contributed by atoms with van der Waals surface area (Å²) in [6, 6.07) is 7.78. The third kappa shape index (κ3) is 20.5. The highest BCUT2D eigenvalue weighted by atomic mass is 32.2. The number of nitrogens with one attached hydrogen (secondary N) is 3. The standard InChI is InChI=1S/C62H91N11O11S3/c1-12-40(5)54(67-58(80)55(68(8)9)41(6)13-2)62(83)69(10)47(39(3)4)36-49(84-42(7)74)59-66-46(37-87-59)60(81)70(11)48(38-86-53-25-20-34-85-53)57(79)64-44(23-17-18-28-63)56(78)65-45(35-43-21-15-14-16-22-43)61(82)72-32-30-71(31-33-72)50(75)24-19-29-73-51(76)26-27-52(73)77/h14-16,20-22,25-27,34,37,39-41,44-45,47-49,54-55H,12-13,17-19,23-24,28-33,35-36,38,63H2,1-11H3,(H,64,79)(H,65,78)(H,67,80)/t40-,41?,44+,45-,47+,48-,49+,54-,55+/m0/s1. The van der Waals surface area contributed by atoms with Crippen LogP contribution in [0.15, 0.2) is 69.6 Å². The molecule has 5 N–H and O–H groups in total. The summed E-state index contributed by atoms with van der Waals surface area (Å²) in [5.41, 5.74) is 6.66. The molecule has 9 atom stereocenters. The minimum Gasteiger partial charge on any atom is -0.455 e. The Balaban J connectivity index is 1.35. The number of rotatable bonds is 34. The van der Waals surface area contributed by atoms with Crippen LogP contribution in [0.5, 0.6) is 0 Å². The molecule has 2 aliphatic rings. The van der Waals surface area contributed by atoms with Gasteiger partial charge in [-0.3, -0.25) is 57.7 Å². The van der Waals surface area contributed by atoms with E-state index in [9.17, 15) is 47.9 Å². The normalized spacial score (nSPS) is 16.6. The zero-order valence-electron chi connectivity index (χ0n) is 52.4. The van der Waals surface area contributed by atoms with Gasteiger partial charge in [-0.05, 0) is 81.1 Å². The number of thiophene rings is 1. The van der Waals surface area contributed by atoms with Gasteiger partial charge in [0.25, 0.3) is 17.7 Å². The lowest BCUT2D eigenvalue weighted by Gasteiger charge is -2.38. The van der Waals surface area contributed by atoms with Gasteiger partial charge in [0, 0.05) is 102 Å². The van der Waals surface area contributed by atoms with Gasteiger partial charge in [0.1, 0.15) is 34.9 Å². The maximum absolute atomic E-state index is 14.9. The second-order valence-corrected chi connectivity index (χ2v) is 26.2. The predicted octanol–water partition coefficient (Wildman–Crippen LogP) is 5.14. The van der Waals surface area contributed by atoms with Crippen molar-refractivity contribution in [3.8, 4) is 0 Å². The lowest BCUT2D eigenvalue weighted by molar-refractivity contribution is -0.149. The number of hydrogen-bond donors (Lipinski definition) is 4. The van der Waals surface area contributed by atoms with Gasteiger partial charge >= 0.3 is 5.97 Å². The van der Waals surface area contributed by atoms with Crippen LogP contribution in [0.2, 0.25) is 0 Å². The zero-order valence-corrected chi connectivity index (χ0v) is 54.8. The monoisotopic (exact) mass is 1260 g/mol. The number of aromatic nitrogens is 1. The Morgan fingerprint density at radius 3 is 1.99 bits per heavy atom. The van der Waals surface area contributed by atoms with Crippen molar-refractivity contribution in [3.05, 3.63) is 81.6 Å². The van der Waals surface area contributed by atoms with E-state index in [2.05, 4.69) is 16.0 Å². The fourth-order valence-corrected chi connectivity index (χ4v) is 13.5. The van der Waals surface area contributed by atoms with Gasteiger partial charge in [0.15, 0.2) is 6.10 Å². The first-order valence-corrected chi connectivity index (χ1v) is 32.9. The highest BCUT2D eigenvalue weighted by Crippen LogP contribution is 2.32. The number of benzene rings is 1. The molecule has 5 rings (SSSR count). The number of nitrogens with two attached hydrogens (primary N) is 1. The number of nitrogens with zero attached hydrogens (tertiary/aromatic N) is 7. The molecule has 2 aliphatic heterocycles. The molecular formula is C62H91N11O11S3. The number of hydrogen-bond acceptors (Lipinski definition) is 17. The van der Waals surface area contributed by atoms with E-state index >= 15 is 0 Å². The van der Waals surface area contributed by atoms with E-state index in [0.717, 1.165) is 32.4 Å². The molecule has 0 aliphatic carbocycles. The molecule has 87 heavy (non-hydrogen) atoms. The minimum atomic E-state index is -1.16. The Bertz CT molecular complexity index is 2810. The maximum atomic E-state index is 14.9. The number of carbonyl (C=O) groups is 10. The van der Waals surface area contributed by atoms with E-state index in [1.54, 1.807) is 21.7 Å². The Morgan fingerprint density at radius 1 is 0.759 bits per heavy atom. The van der Waals surface area contributed by atoms with Crippen LogP contribution < -0.4 is 21.7 Å². The number of thioether (sulfide) groups is 1. The van der Waals surface area contributed by atoms with Crippen molar-refractivity contribution in [2.75, 3.05) is 73.2 Å². The van der Waals surface area contributed by atoms with Crippen LogP contribution in [0.25, 0.3) is 0 Å². The molecule has 0 radical (unpaired) electrons. The summed E-state index contributed by atoms with van der Waals surface area (Å²) < 4.78 is 6.80. The number of esters is 1. The summed E-state index contributed by atoms with van der Waals surface area (Å²) in [6.07, 6.45) is 4.60. The zero-order chi connectivity index (χ0) is 64.1. The molecule has 22 nitrogen and oxygen atoms in total. The molecule has 0 bridgehead atoms. The first kappa shape index (κ1) is 71.2. The highest BCUT2D eigenvalue weighted by Gasteiger charge is 2.40. The highest BCUT2D eigenvalue weighted by molar-refractivity contribution is 8.01. The molecule has 0 spiro atoms. The van der Waals surface area contributed by atoms with E-state index < -0.39 is 77.9 Å². The average molecular weight is 1260 g/mol. The Kier molecular flexibility index (Phi) is 28.5. The quantitative estimate of drug-likeness (QED) is 0.0261. The van der Waals surface area contributed by atoms with Crippen molar-refractivity contribution in [2.24, 2.45) is 23.5 Å². The van der Waals surface area contributed by atoms with Crippen molar-refractivity contribution in [3.63, 3.8) is 0 Å². The molecular weight excluding hydrogens is 1170 g/mol. The number of imide groups is 1. The van der Waals surface area contributed by atoms with Gasteiger partial charge in [0.05, 0.1) is 10.3 Å². The summed E-state index contributed by atoms with van der Waals surface area (Å²) in [5, 5.41) is 12.7. The van der Waals surface area contributed by atoms with Gasteiger partial charge in [-0.25, -0.2) is 4.98 Å². The van der Waals surface area contributed by atoms with Gasteiger partial charge in [-0.1, -0.05) is 90.8 Å². The molecule has 25 heteroatoms. The summed E-state index contributed by atoms with van der Waals surface area (Å²) in [5.74, 6) is -4.60. The lowest BCUT2D eigenvalue weighted by Crippen LogP contribution is -2.59. The number of unbranched alkanes of at least 4 members (excludes halogenated alkanes) is 1. The molecule has 3 aromatic rings. The second kappa shape index (κ2) is 34.9. The van der Waals surface area contributed by atoms with Crippen molar-refractivity contribution < 1.29 is 52.7 Å². The van der Waals surface area contributed by atoms with Crippen molar-refractivity contribution in [1.29, 1.82) is 0 Å². The van der Waals surface area contributed by atoms with Gasteiger partial charge in [0.2, 0.25) is 35.4 Å². The number of carbonyl (C=O) groups excluding carboxylic acids is 10. The molecule has 4 heterocycles. The van der Waals surface area contributed by atoms with E-state index in [0.29, 0.717) is 37.2 Å². The second-order valence-electron chi connectivity index (χ2n) is 23.1. The van der Waals surface area contributed by atoms with Crippen LogP contribution in [0.3, 0.4) is 0 Å². The number of piperazine rings is 1. The molecule has 1 saturated heterocycles. The van der Waals surface area contributed by atoms with Gasteiger partial charge in [-0.15, -0.1) is 34.4 Å². The van der Waals surface area contributed by atoms with Crippen LogP contribution in [-0.4, -0.2) is 203 Å². The molecule has 9 amide bonds. The van der Waals surface area contributed by atoms with Crippen molar-refractivity contribution in [1.82, 2.24) is 50.3 Å². The molecule has 1 unspecified atom stereocenters. The van der Waals surface area contributed by atoms with E-state index in [-0.39, 0.29) is 111 Å². The Labute approximate surface area is 525 Å². The first-order valence-electron chi connectivity index (χ1n) is 30.1. The van der Waals surface area contributed by atoms with Crippen molar-refractivity contribution >= 4 is 93.6 Å². The SMILES string of the molecule is CCC(C)[C@H](C(=O)N[C@H](C(=O)N(C)[C@H](C[C@@H](OC(C)=O)c1nc(C(=O)N(C)[C@@H](CSc2cccs2)C(=O)N[C@H](CCCCN)C(=O)N[C@@H](Cc2ccccc2)C(=O)N2CCN(C(=O)CCCN3C(=O)C=CC3=O)CC2)cs1)C(C)C)[C@@H](C)CC)N(C)C. The molecule has 0 saturated carbocycles. The third-order valence-corrected chi connectivity index (χ3v) is 19.4. The number of amides is 9. The number of likely N-dealkylation sites (N-methyl/N-ethyl adjacent to an activating group) is 3. The van der Waals surface area contributed by atoms with E-state index in [1.165, 1.54) is 59.5 Å². The first-order chi connectivity index (χ1) is 41.4. The van der Waals surface area contributed by atoms with Gasteiger partial charge < -0.3 is 46.0 Å². The predicted molar refractivity (Wildman–Crippen MR) is 337 cm³/mol. The van der Waals surface area contributed by atoms with Crippen molar-refractivity contribution in [2.45, 2.75) is 153 Å². The fourth-order valence-electron chi connectivity index (χ4n) is 10.7. The smallest absolute Gasteiger partial charge is 0.303 e. The van der Waals surface area contributed by atoms with Gasteiger partial charge in [-0.2, -0.15) is 0 Å². The summed E-state index contributed by atoms with van der Waals surface area (Å²) in [4.78, 5) is 151. The van der Waals surface area contributed by atoms with Crippen LogP contribution in [0.4, 0.5) is 0 Å². The molecule has 1 fully saturated rings. The molecule has 2 aromatic heterocycles. The third-order valence-electron chi connectivity index (χ3n) is 16.2. The largest absolute Gasteiger partial charge is 0.455 e. The average Bonchev–Trinajstić information content (AvgIpc) is 3.15. The number of thiazole rings is 1. The van der Waals surface area contributed by atoms with E-state index in [1.807, 2.05) is 108 Å². The van der Waals surface area contributed by atoms with Crippen LogP contribution in [0.1, 0.15) is 127 Å². The topological polar surface area (TPSA) is 274 Å². The van der Waals surface area contributed by atoms with Crippen LogP contribution >= 0.6 is 34.4 Å². The lowest BCUT2D eigenvalue weighted by atomic mass is 9.92. The molecule has 1 aromatic carbocycles. The summed E-state index contributed by atoms with van der Waals surface area (Å²) >= 11 is 3.92. The minimum absolute atomic E-state index is 0.0224. The summed E-state index contributed by atoms with van der Waals surface area (Å²) in [7, 11) is 6.86. The fraction of sp³-hybridized carbons (Fsp3) is 0.597. The summed E-state index contributed by atoms with van der Waals surface area (Å²) in [6.45, 7) is 14.4. The number of ether oxygens (including phenoxy) is 1. The van der Waals surface area contributed by atoms with Crippen LogP contribution in [0, 0.1) is 17.8 Å². The molecule has 478 valence electrons.